The maximum atomic E-state index is 12.8. The summed E-state index contributed by atoms with van der Waals surface area (Å²) in [6.45, 7) is 17.7. The molecule has 0 saturated heterocycles. The summed E-state index contributed by atoms with van der Waals surface area (Å²) in [5.74, 6) is -0.0464. The highest BCUT2D eigenvalue weighted by Gasteiger charge is 2.72. The summed E-state index contributed by atoms with van der Waals surface area (Å²) in [5, 5.41) is 0. The highest BCUT2D eigenvalue weighted by Crippen LogP contribution is 2.72. The second kappa shape index (κ2) is 5.36. The van der Waals surface area contributed by atoms with Crippen LogP contribution < -0.4 is 0 Å². The van der Waals surface area contributed by atoms with Crippen molar-refractivity contribution in [1.29, 1.82) is 0 Å². The van der Waals surface area contributed by atoms with Crippen LogP contribution in [-0.2, 0) is 21.6 Å². The molecule has 0 N–H and O–H groups in total. The van der Waals surface area contributed by atoms with Crippen LogP contribution >= 0.6 is 0 Å². The second-order valence-corrected chi connectivity index (χ2v) is 9.74. The molecule has 0 aliphatic heterocycles. The first-order valence-corrected chi connectivity index (χ1v) is 8.58. The van der Waals surface area contributed by atoms with E-state index in [-0.39, 0.29) is 27.6 Å². The van der Waals surface area contributed by atoms with Crippen molar-refractivity contribution in [2.24, 2.45) is 16.2 Å². The highest BCUT2D eigenvalue weighted by molar-refractivity contribution is 5.82. The number of hydrogen-bond donors (Lipinski definition) is 0. The lowest BCUT2D eigenvalue weighted by Gasteiger charge is -2.32. The summed E-state index contributed by atoms with van der Waals surface area (Å²) in [5.41, 5.74) is 2.08. The fourth-order valence-electron chi connectivity index (χ4n) is 3.93. The van der Waals surface area contributed by atoms with Crippen LogP contribution in [0, 0.1) is 16.2 Å². The largest absolute Gasteiger partial charge is 0.460 e. The molecule has 1 saturated carbocycles. The second-order valence-electron chi connectivity index (χ2n) is 9.74. The summed E-state index contributed by atoms with van der Waals surface area (Å²) in [6, 6.07) is 8.39. The molecular weight excluding hydrogens is 284 g/mol. The molecule has 128 valence electrons. The Bertz CT molecular complexity index is 582. The third kappa shape index (κ3) is 3.18. The Balaban J connectivity index is 2.05. The standard InChI is InChI=1S/C21H32O2/c1-18(2,3)16-11-9-15(10-12-16)13-23-17(22)21(19(4,5)6)14-20(21,7)8/h9-12H,13-14H2,1-8H3. The maximum Gasteiger partial charge on any atom is 0.313 e. The first kappa shape index (κ1) is 18.0. The molecule has 1 unspecified atom stereocenters. The summed E-state index contributed by atoms with van der Waals surface area (Å²) in [7, 11) is 0. The quantitative estimate of drug-likeness (QED) is 0.689. The van der Waals surface area contributed by atoms with Crippen LogP contribution in [0.1, 0.15) is 72.9 Å². The number of carbonyl (C=O) groups is 1. The Morgan fingerprint density at radius 2 is 1.52 bits per heavy atom. The zero-order valence-electron chi connectivity index (χ0n) is 16.0. The molecule has 0 spiro atoms. The van der Waals surface area contributed by atoms with Crippen LogP contribution in [0.3, 0.4) is 0 Å². The maximum absolute atomic E-state index is 12.8. The van der Waals surface area contributed by atoms with E-state index in [9.17, 15) is 4.79 Å². The molecule has 0 radical (unpaired) electrons. The fraction of sp³-hybridized carbons (Fsp3) is 0.667. The summed E-state index contributed by atoms with van der Waals surface area (Å²) in [4.78, 5) is 12.8. The normalized spacial score (nSPS) is 23.5. The SMILES string of the molecule is CC(C)(C)c1ccc(COC(=O)C2(C(C)(C)C)CC2(C)C)cc1. The van der Waals surface area contributed by atoms with Crippen LogP contribution in [0.2, 0.25) is 0 Å². The van der Waals surface area contributed by atoms with Crippen molar-refractivity contribution in [3.05, 3.63) is 35.4 Å². The molecule has 0 aromatic heterocycles. The Morgan fingerprint density at radius 3 is 1.87 bits per heavy atom. The monoisotopic (exact) mass is 316 g/mol. The molecule has 1 aliphatic rings. The molecule has 1 aliphatic carbocycles. The van der Waals surface area contributed by atoms with Gasteiger partial charge >= 0.3 is 5.97 Å². The fourth-order valence-corrected chi connectivity index (χ4v) is 3.93. The zero-order chi connectivity index (χ0) is 17.7. The lowest BCUT2D eigenvalue weighted by Crippen LogP contribution is -2.36. The van der Waals surface area contributed by atoms with E-state index in [1.807, 2.05) is 0 Å². The van der Waals surface area contributed by atoms with Crippen molar-refractivity contribution in [2.45, 2.75) is 73.8 Å². The molecule has 2 heteroatoms. The minimum atomic E-state index is -0.356. The molecule has 23 heavy (non-hydrogen) atoms. The zero-order valence-corrected chi connectivity index (χ0v) is 16.0. The van der Waals surface area contributed by atoms with Crippen molar-refractivity contribution in [3.8, 4) is 0 Å². The summed E-state index contributed by atoms with van der Waals surface area (Å²) < 4.78 is 5.70. The van der Waals surface area contributed by atoms with Crippen LogP contribution in [0.15, 0.2) is 24.3 Å². The van der Waals surface area contributed by atoms with E-state index in [1.165, 1.54) is 5.56 Å². The van der Waals surface area contributed by atoms with Crippen molar-refractivity contribution in [3.63, 3.8) is 0 Å². The number of rotatable bonds is 3. The van der Waals surface area contributed by atoms with Gasteiger partial charge in [-0.3, -0.25) is 4.79 Å². The predicted molar refractivity (Wildman–Crippen MR) is 95.2 cm³/mol. The lowest BCUT2D eigenvalue weighted by atomic mass is 9.73. The van der Waals surface area contributed by atoms with Gasteiger partial charge in [-0.25, -0.2) is 0 Å². The first-order valence-electron chi connectivity index (χ1n) is 8.58. The summed E-state index contributed by atoms with van der Waals surface area (Å²) >= 11 is 0. The van der Waals surface area contributed by atoms with Crippen LogP contribution in [-0.4, -0.2) is 5.97 Å². The van der Waals surface area contributed by atoms with E-state index < -0.39 is 0 Å². The van der Waals surface area contributed by atoms with E-state index in [1.54, 1.807) is 0 Å². The van der Waals surface area contributed by atoms with Crippen LogP contribution in [0.4, 0.5) is 0 Å². The van der Waals surface area contributed by atoms with Gasteiger partial charge < -0.3 is 4.74 Å². The van der Waals surface area contributed by atoms with Crippen molar-refractivity contribution in [1.82, 2.24) is 0 Å². The van der Waals surface area contributed by atoms with Crippen molar-refractivity contribution < 1.29 is 9.53 Å². The Labute approximate surface area is 141 Å². The Morgan fingerprint density at radius 1 is 1.04 bits per heavy atom. The minimum absolute atomic E-state index is 0.0262. The molecule has 0 bridgehead atoms. The van der Waals surface area contributed by atoms with Gasteiger partial charge in [0.2, 0.25) is 0 Å². The molecule has 0 amide bonds. The molecule has 2 rings (SSSR count). The predicted octanol–water partition coefficient (Wildman–Crippen LogP) is 5.49. The van der Waals surface area contributed by atoms with Crippen molar-refractivity contribution >= 4 is 5.97 Å². The van der Waals surface area contributed by atoms with Gasteiger partial charge in [-0.15, -0.1) is 0 Å². The molecule has 1 fully saturated rings. The van der Waals surface area contributed by atoms with E-state index in [2.05, 4.69) is 79.7 Å². The van der Waals surface area contributed by atoms with E-state index in [0.29, 0.717) is 6.61 Å². The lowest BCUT2D eigenvalue weighted by molar-refractivity contribution is -0.158. The summed E-state index contributed by atoms with van der Waals surface area (Å²) in [6.07, 6.45) is 0.908. The van der Waals surface area contributed by atoms with E-state index >= 15 is 0 Å². The van der Waals surface area contributed by atoms with E-state index in [0.717, 1.165) is 12.0 Å². The highest BCUT2D eigenvalue weighted by atomic mass is 16.5. The van der Waals surface area contributed by atoms with Crippen molar-refractivity contribution in [2.75, 3.05) is 0 Å². The number of carbonyl (C=O) groups excluding carboxylic acids is 1. The van der Waals surface area contributed by atoms with Gasteiger partial charge in [0.05, 0.1) is 5.41 Å². The molecule has 1 aromatic rings. The van der Waals surface area contributed by atoms with Gasteiger partial charge in [-0.2, -0.15) is 0 Å². The minimum Gasteiger partial charge on any atom is -0.460 e. The number of esters is 1. The molecule has 2 nitrogen and oxygen atoms in total. The third-order valence-electron chi connectivity index (χ3n) is 5.56. The smallest absolute Gasteiger partial charge is 0.313 e. The number of hydrogen-bond acceptors (Lipinski definition) is 2. The number of ether oxygens (including phenoxy) is 1. The Hall–Kier alpha value is -1.31. The van der Waals surface area contributed by atoms with Gasteiger partial charge in [0.15, 0.2) is 0 Å². The van der Waals surface area contributed by atoms with Gasteiger partial charge in [0.25, 0.3) is 0 Å². The Kier molecular flexibility index (Phi) is 4.20. The molecule has 0 heterocycles. The van der Waals surface area contributed by atoms with Gasteiger partial charge in [-0.1, -0.05) is 79.7 Å². The molecular formula is C21H32O2. The first-order chi connectivity index (χ1) is 10.3. The van der Waals surface area contributed by atoms with Gasteiger partial charge in [0.1, 0.15) is 6.61 Å². The average Bonchev–Trinajstić information content (AvgIpc) is 3.00. The molecule has 1 atom stereocenters. The average molecular weight is 316 g/mol. The van der Waals surface area contributed by atoms with Crippen LogP contribution in [0.25, 0.3) is 0 Å². The van der Waals surface area contributed by atoms with Gasteiger partial charge in [0, 0.05) is 0 Å². The number of benzene rings is 1. The van der Waals surface area contributed by atoms with Crippen LogP contribution in [0.5, 0.6) is 0 Å². The molecule has 1 aromatic carbocycles. The third-order valence-corrected chi connectivity index (χ3v) is 5.56. The van der Waals surface area contributed by atoms with Gasteiger partial charge in [-0.05, 0) is 33.8 Å². The van der Waals surface area contributed by atoms with E-state index in [4.69, 9.17) is 4.74 Å². The topological polar surface area (TPSA) is 26.3 Å².